The lowest BCUT2D eigenvalue weighted by molar-refractivity contribution is -0.137. The predicted octanol–water partition coefficient (Wildman–Crippen LogP) is 4.71. The van der Waals surface area contributed by atoms with E-state index in [4.69, 9.17) is 28.2 Å². The molecule has 1 atom stereocenters. The van der Waals surface area contributed by atoms with E-state index >= 15 is 0 Å². The number of rotatable bonds is 6. The molecular weight excluding hydrogens is 560 g/mol. The van der Waals surface area contributed by atoms with Gasteiger partial charge in [0.15, 0.2) is 5.13 Å². The quantitative estimate of drug-likeness (QED) is 0.447. The Balaban J connectivity index is 1.08. The lowest BCUT2D eigenvalue weighted by Crippen LogP contribution is -2.50. The van der Waals surface area contributed by atoms with Crippen molar-refractivity contribution in [3.05, 3.63) is 46.1 Å². The minimum absolute atomic E-state index is 0.00194. The number of aromatic nitrogens is 2. The van der Waals surface area contributed by atoms with Crippen molar-refractivity contribution in [3.63, 3.8) is 0 Å². The van der Waals surface area contributed by atoms with Gasteiger partial charge in [0.25, 0.3) is 0 Å². The maximum absolute atomic E-state index is 12.9. The number of aliphatic hydroxyl groups is 1. The Morgan fingerprint density at radius 1 is 0.921 bits per heavy atom. The Morgan fingerprint density at radius 2 is 1.61 bits per heavy atom. The van der Waals surface area contributed by atoms with Gasteiger partial charge in [-0.1, -0.05) is 34.5 Å². The van der Waals surface area contributed by atoms with Crippen LogP contribution in [0.5, 0.6) is 0 Å². The lowest BCUT2D eigenvalue weighted by atomic mass is 10.2. The number of benzene rings is 1. The monoisotopic (exact) mass is 588 g/mol. The molecule has 1 N–H and O–H groups in total. The van der Waals surface area contributed by atoms with Crippen LogP contribution in [0.4, 0.5) is 24.1 Å². The van der Waals surface area contributed by atoms with E-state index in [2.05, 4.69) is 19.7 Å². The van der Waals surface area contributed by atoms with Gasteiger partial charge >= 0.3 is 6.18 Å². The fraction of sp³-hybridized carbons (Fsp3) is 0.520. The van der Waals surface area contributed by atoms with Crippen molar-refractivity contribution >= 4 is 55.7 Å². The first-order valence-corrected chi connectivity index (χ1v) is 14.1. The van der Waals surface area contributed by atoms with Crippen LogP contribution in [0.25, 0.3) is 10.2 Å². The van der Waals surface area contributed by atoms with Crippen molar-refractivity contribution < 1.29 is 18.3 Å². The number of alkyl halides is 3. The average molecular weight is 590 g/mol. The van der Waals surface area contributed by atoms with Crippen molar-refractivity contribution in [1.29, 1.82) is 0 Å². The number of pyridine rings is 1. The zero-order chi connectivity index (χ0) is 26.9. The molecule has 2 saturated heterocycles. The van der Waals surface area contributed by atoms with E-state index in [0.29, 0.717) is 43.6 Å². The smallest absolute Gasteiger partial charge is 0.390 e. The van der Waals surface area contributed by atoms with Crippen LogP contribution in [0.15, 0.2) is 30.5 Å². The summed E-state index contributed by atoms with van der Waals surface area (Å²) in [5, 5.41) is 12.5. The Morgan fingerprint density at radius 3 is 2.29 bits per heavy atom. The number of β-amino-alcohol motifs (C(OH)–C–C–N with tert-alkyl or cyclic N) is 1. The van der Waals surface area contributed by atoms with Gasteiger partial charge in [0.05, 0.1) is 26.9 Å². The highest BCUT2D eigenvalue weighted by Gasteiger charge is 2.32. The molecule has 2 aliphatic heterocycles. The Kier molecular flexibility index (Phi) is 8.51. The molecule has 0 aliphatic carbocycles. The van der Waals surface area contributed by atoms with Gasteiger partial charge in [-0.25, -0.2) is 9.97 Å². The molecule has 206 valence electrons. The third-order valence-corrected chi connectivity index (χ3v) is 8.55. The highest BCUT2D eigenvalue weighted by atomic mass is 35.5. The second-order valence-corrected chi connectivity index (χ2v) is 11.6. The summed E-state index contributed by atoms with van der Waals surface area (Å²) in [6, 6.07) is 6.68. The second-order valence-electron chi connectivity index (χ2n) is 9.72. The summed E-state index contributed by atoms with van der Waals surface area (Å²) in [6.45, 7) is 7.21. The molecule has 0 bridgehead atoms. The van der Waals surface area contributed by atoms with Crippen molar-refractivity contribution in [1.82, 2.24) is 19.8 Å². The number of thiazole rings is 1. The SMILES string of the molecule is OC(CN1CCN(c2nc3ccc(Cl)cc3s2)CC1)CN1CCCN(c2ncc(C(F)(F)F)cc2Cl)CC1. The molecule has 2 fully saturated rings. The fourth-order valence-corrected chi connectivity index (χ4v) is 6.56. The Labute approximate surface area is 233 Å². The topological polar surface area (TPSA) is 59.0 Å². The largest absolute Gasteiger partial charge is 0.417 e. The van der Waals surface area contributed by atoms with Crippen molar-refractivity contribution in [2.24, 2.45) is 0 Å². The van der Waals surface area contributed by atoms with Crippen LogP contribution in [0.1, 0.15) is 12.0 Å². The second kappa shape index (κ2) is 11.7. The van der Waals surface area contributed by atoms with Crippen LogP contribution < -0.4 is 9.80 Å². The highest BCUT2D eigenvalue weighted by Crippen LogP contribution is 2.34. The summed E-state index contributed by atoms with van der Waals surface area (Å²) in [6.07, 6.45) is -3.33. The Bertz CT molecular complexity index is 1250. The predicted molar refractivity (Wildman–Crippen MR) is 147 cm³/mol. The van der Waals surface area contributed by atoms with Crippen LogP contribution >= 0.6 is 34.5 Å². The number of piperazine rings is 1. The highest BCUT2D eigenvalue weighted by molar-refractivity contribution is 7.22. The number of hydrogen-bond acceptors (Lipinski definition) is 8. The lowest BCUT2D eigenvalue weighted by Gasteiger charge is -2.36. The molecule has 13 heteroatoms. The molecule has 5 rings (SSSR count). The summed E-state index contributed by atoms with van der Waals surface area (Å²) in [4.78, 5) is 17.4. The zero-order valence-electron chi connectivity index (χ0n) is 20.7. The molecule has 3 aromatic rings. The minimum Gasteiger partial charge on any atom is -0.390 e. The maximum atomic E-state index is 12.9. The molecule has 0 radical (unpaired) electrons. The number of aliphatic hydroxyl groups excluding tert-OH is 1. The van der Waals surface area contributed by atoms with Gasteiger partial charge < -0.3 is 14.9 Å². The summed E-state index contributed by atoms with van der Waals surface area (Å²) >= 11 is 13.9. The van der Waals surface area contributed by atoms with E-state index in [1.807, 2.05) is 23.1 Å². The van der Waals surface area contributed by atoms with E-state index in [1.54, 1.807) is 11.3 Å². The molecule has 1 aromatic carbocycles. The van der Waals surface area contributed by atoms with E-state index < -0.39 is 17.8 Å². The minimum atomic E-state index is -4.47. The van der Waals surface area contributed by atoms with Gasteiger partial charge in [0.2, 0.25) is 0 Å². The standard InChI is InChI=1S/C25H29Cl2F3N6OS/c26-18-2-3-21-22(13-18)38-24(32-21)36-10-7-34(8-11-36)16-19(37)15-33-4-1-5-35(9-6-33)23-20(27)12-17(14-31-23)25(28,29)30/h2-3,12-14,19,37H,1,4-11,15-16H2. The average Bonchev–Trinajstić information content (AvgIpc) is 3.15. The van der Waals surface area contributed by atoms with E-state index in [-0.39, 0.29) is 5.02 Å². The van der Waals surface area contributed by atoms with Gasteiger partial charge in [0.1, 0.15) is 5.82 Å². The van der Waals surface area contributed by atoms with Crippen LogP contribution in [-0.2, 0) is 6.18 Å². The molecule has 38 heavy (non-hydrogen) atoms. The third kappa shape index (κ3) is 6.63. The number of halogens is 5. The first-order chi connectivity index (χ1) is 18.2. The van der Waals surface area contributed by atoms with Gasteiger partial charge in [-0.3, -0.25) is 9.80 Å². The molecule has 0 amide bonds. The van der Waals surface area contributed by atoms with Gasteiger partial charge in [0, 0.05) is 70.1 Å². The molecule has 4 heterocycles. The fourth-order valence-electron chi connectivity index (χ4n) is 4.98. The number of fused-ring (bicyclic) bond motifs is 1. The number of nitrogens with zero attached hydrogens (tertiary/aromatic N) is 6. The summed E-state index contributed by atoms with van der Waals surface area (Å²) < 4.78 is 39.9. The van der Waals surface area contributed by atoms with E-state index in [1.165, 1.54) is 0 Å². The van der Waals surface area contributed by atoms with Crippen molar-refractivity contribution in [2.45, 2.75) is 18.7 Å². The Hall–Kier alpha value is -1.89. The first-order valence-electron chi connectivity index (χ1n) is 12.6. The molecule has 0 spiro atoms. The van der Waals surface area contributed by atoms with E-state index in [0.717, 1.165) is 66.8 Å². The molecular formula is C25H29Cl2F3N6OS. The van der Waals surface area contributed by atoms with Crippen LogP contribution in [-0.4, -0.2) is 96.4 Å². The third-order valence-electron chi connectivity index (χ3n) is 6.96. The van der Waals surface area contributed by atoms with Crippen LogP contribution in [0.2, 0.25) is 10.0 Å². The molecule has 1 unspecified atom stereocenters. The maximum Gasteiger partial charge on any atom is 0.417 e. The summed E-state index contributed by atoms with van der Waals surface area (Å²) in [7, 11) is 0. The van der Waals surface area contributed by atoms with Crippen molar-refractivity contribution in [2.75, 3.05) is 75.2 Å². The number of anilines is 2. The van der Waals surface area contributed by atoms with E-state index in [9.17, 15) is 18.3 Å². The number of hydrogen-bond donors (Lipinski definition) is 1. The molecule has 2 aliphatic rings. The first kappa shape index (κ1) is 27.7. The molecule has 2 aromatic heterocycles. The van der Waals surface area contributed by atoms with Gasteiger partial charge in [-0.05, 0) is 37.2 Å². The van der Waals surface area contributed by atoms with Crippen LogP contribution in [0.3, 0.4) is 0 Å². The van der Waals surface area contributed by atoms with Gasteiger partial charge in [-0.15, -0.1) is 0 Å². The van der Waals surface area contributed by atoms with Crippen molar-refractivity contribution in [3.8, 4) is 0 Å². The van der Waals surface area contributed by atoms with Gasteiger partial charge in [-0.2, -0.15) is 13.2 Å². The summed E-state index contributed by atoms with van der Waals surface area (Å²) in [5.41, 5.74) is 0.108. The normalized spacial score (nSPS) is 19.2. The summed E-state index contributed by atoms with van der Waals surface area (Å²) in [5.74, 6) is 0.371. The van der Waals surface area contributed by atoms with Crippen LogP contribution in [0, 0.1) is 0 Å². The zero-order valence-corrected chi connectivity index (χ0v) is 23.0. The molecule has 7 nitrogen and oxygen atoms in total. The molecule has 0 saturated carbocycles.